The minimum atomic E-state index is -0.176. The third-order valence-electron chi connectivity index (χ3n) is 4.74. The van der Waals surface area contributed by atoms with Gasteiger partial charge in [-0.3, -0.25) is 9.59 Å². The van der Waals surface area contributed by atoms with E-state index in [1.54, 1.807) is 23.5 Å². The number of hydrogen-bond donors (Lipinski definition) is 1. The van der Waals surface area contributed by atoms with E-state index >= 15 is 0 Å². The number of rotatable bonds is 4. The number of hydrogen-bond acceptors (Lipinski definition) is 3. The van der Waals surface area contributed by atoms with Gasteiger partial charge in [-0.2, -0.15) is 0 Å². The summed E-state index contributed by atoms with van der Waals surface area (Å²) >= 11 is 1.58. The largest absolute Gasteiger partial charge is 0.336 e. The number of amides is 2. The molecule has 1 saturated heterocycles. The lowest BCUT2D eigenvalue weighted by atomic mass is 10.0. The Labute approximate surface area is 158 Å². The van der Waals surface area contributed by atoms with E-state index in [1.807, 2.05) is 41.5 Å². The van der Waals surface area contributed by atoms with Crippen LogP contribution in [0.15, 0.2) is 41.8 Å². The molecule has 0 bridgehead atoms. The van der Waals surface area contributed by atoms with Gasteiger partial charge in [0, 0.05) is 34.8 Å². The third-order valence-corrected chi connectivity index (χ3v) is 5.57. The second kappa shape index (κ2) is 8.32. The van der Waals surface area contributed by atoms with Gasteiger partial charge in [-0.15, -0.1) is 11.3 Å². The lowest BCUT2D eigenvalue weighted by molar-refractivity contribution is -0.111. The van der Waals surface area contributed by atoms with E-state index in [-0.39, 0.29) is 11.8 Å². The molecule has 0 spiro atoms. The zero-order valence-electron chi connectivity index (χ0n) is 15.2. The highest BCUT2D eigenvalue weighted by Gasteiger charge is 2.24. The van der Waals surface area contributed by atoms with Gasteiger partial charge in [0.25, 0.3) is 5.91 Å². The van der Waals surface area contributed by atoms with Crippen molar-refractivity contribution in [3.63, 3.8) is 0 Å². The minimum Gasteiger partial charge on any atom is -0.336 e. The summed E-state index contributed by atoms with van der Waals surface area (Å²) < 4.78 is 0. The quantitative estimate of drug-likeness (QED) is 0.794. The number of piperidine rings is 1. The summed E-state index contributed by atoms with van der Waals surface area (Å²) in [5.74, 6) is -0.0963. The fraction of sp³-hybridized carbons (Fsp3) is 0.333. The monoisotopic (exact) mass is 368 g/mol. The van der Waals surface area contributed by atoms with Crippen LogP contribution in [0.5, 0.6) is 0 Å². The number of carbonyl (C=O) groups is 2. The van der Waals surface area contributed by atoms with Crippen LogP contribution in [-0.4, -0.2) is 29.3 Å². The van der Waals surface area contributed by atoms with Gasteiger partial charge in [0.15, 0.2) is 0 Å². The molecule has 1 aromatic carbocycles. The molecule has 26 heavy (non-hydrogen) atoms. The zero-order valence-corrected chi connectivity index (χ0v) is 16.0. The van der Waals surface area contributed by atoms with Crippen LogP contribution in [0, 0.1) is 6.92 Å². The van der Waals surface area contributed by atoms with Gasteiger partial charge in [0.2, 0.25) is 5.91 Å². The molecule has 0 aliphatic carbocycles. The van der Waals surface area contributed by atoms with Gasteiger partial charge in [-0.05, 0) is 74.4 Å². The van der Waals surface area contributed by atoms with Crippen molar-refractivity contribution < 1.29 is 9.59 Å². The van der Waals surface area contributed by atoms with Crippen LogP contribution < -0.4 is 5.32 Å². The summed E-state index contributed by atoms with van der Waals surface area (Å²) in [5.41, 5.74) is 2.30. The number of carbonyl (C=O) groups excluding carboxylic acids is 2. The lowest BCUT2D eigenvalue weighted by Crippen LogP contribution is -2.42. The summed E-state index contributed by atoms with van der Waals surface area (Å²) in [6.07, 6.45) is 6.65. The highest BCUT2D eigenvalue weighted by molar-refractivity contribution is 7.10. The number of thiophene rings is 1. The molecular weight excluding hydrogens is 344 g/mol. The van der Waals surface area contributed by atoms with Crippen LogP contribution in [0.2, 0.25) is 0 Å². The maximum atomic E-state index is 12.8. The van der Waals surface area contributed by atoms with Gasteiger partial charge in [-0.1, -0.05) is 6.07 Å². The van der Waals surface area contributed by atoms with Crippen molar-refractivity contribution >= 4 is 34.9 Å². The molecule has 2 amide bonds. The smallest absolute Gasteiger partial charge is 0.254 e. The highest BCUT2D eigenvalue weighted by Crippen LogP contribution is 2.22. The number of nitrogens with one attached hydrogen (secondary N) is 1. The topological polar surface area (TPSA) is 49.4 Å². The van der Waals surface area contributed by atoms with Crippen molar-refractivity contribution in [1.82, 2.24) is 4.90 Å². The summed E-state index contributed by atoms with van der Waals surface area (Å²) in [6.45, 7) is 4.85. The Balaban J connectivity index is 1.67. The Morgan fingerprint density at radius 2 is 2.12 bits per heavy atom. The fourth-order valence-corrected chi connectivity index (χ4v) is 3.84. The van der Waals surface area contributed by atoms with E-state index in [2.05, 4.69) is 12.2 Å². The van der Waals surface area contributed by atoms with Crippen LogP contribution in [0.1, 0.15) is 47.0 Å². The average molecular weight is 369 g/mol. The van der Waals surface area contributed by atoms with Crippen LogP contribution in [0.3, 0.4) is 0 Å². The minimum absolute atomic E-state index is 0.0794. The normalized spacial score (nSPS) is 17.5. The molecule has 1 unspecified atom stereocenters. The predicted molar refractivity (Wildman–Crippen MR) is 108 cm³/mol. The van der Waals surface area contributed by atoms with Crippen molar-refractivity contribution in [3.05, 3.63) is 57.8 Å². The second-order valence-electron chi connectivity index (χ2n) is 6.71. The van der Waals surface area contributed by atoms with Crippen LogP contribution in [0.4, 0.5) is 5.69 Å². The molecule has 2 aromatic rings. The number of benzene rings is 1. The lowest BCUT2D eigenvalue weighted by Gasteiger charge is -2.33. The predicted octanol–water partition coefficient (Wildman–Crippen LogP) is 4.72. The molecule has 1 atom stereocenters. The fourth-order valence-electron chi connectivity index (χ4n) is 3.22. The Morgan fingerprint density at radius 1 is 1.27 bits per heavy atom. The maximum Gasteiger partial charge on any atom is 0.254 e. The molecular formula is C21H24N2O2S. The number of nitrogens with zero attached hydrogens (tertiary/aromatic N) is 1. The molecule has 136 valence electrons. The van der Waals surface area contributed by atoms with Gasteiger partial charge in [0.1, 0.15) is 0 Å². The molecule has 1 aliphatic heterocycles. The molecule has 1 fully saturated rings. The van der Waals surface area contributed by atoms with Gasteiger partial charge in [0.05, 0.1) is 0 Å². The average Bonchev–Trinajstić information content (AvgIpc) is 3.15. The standard InChI is InChI=1S/C21H24N2O2S/c1-15-14-17(21(25)23-12-4-3-6-16(23)2)8-10-19(15)22-20(24)11-9-18-7-5-13-26-18/h5,7-11,13-14,16H,3-4,6,12H2,1-2H3,(H,22,24)/b11-9+. The van der Waals surface area contributed by atoms with Crippen LogP contribution in [0.25, 0.3) is 6.08 Å². The maximum absolute atomic E-state index is 12.8. The first-order chi connectivity index (χ1) is 12.5. The first kappa shape index (κ1) is 18.4. The third kappa shape index (κ3) is 4.41. The Morgan fingerprint density at radius 3 is 2.81 bits per heavy atom. The highest BCUT2D eigenvalue weighted by atomic mass is 32.1. The molecule has 1 aromatic heterocycles. The Kier molecular flexibility index (Phi) is 5.89. The summed E-state index contributed by atoms with van der Waals surface area (Å²) in [7, 11) is 0. The van der Waals surface area contributed by atoms with E-state index in [9.17, 15) is 9.59 Å². The van der Waals surface area contributed by atoms with Gasteiger partial charge in [-0.25, -0.2) is 0 Å². The van der Waals surface area contributed by atoms with E-state index in [1.165, 1.54) is 12.5 Å². The van der Waals surface area contributed by atoms with E-state index < -0.39 is 0 Å². The van der Waals surface area contributed by atoms with E-state index in [0.29, 0.717) is 11.6 Å². The second-order valence-corrected chi connectivity index (χ2v) is 7.69. The number of likely N-dealkylation sites (tertiary alicyclic amines) is 1. The summed E-state index contributed by atoms with van der Waals surface area (Å²) in [6, 6.07) is 9.68. The Bertz CT molecular complexity index is 811. The van der Waals surface area contributed by atoms with Gasteiger partial charge < -0.3 is 10.2 Å². The van der Waals surface area contributed by atoms with Crippen molar-refractivity contribution in [2.24, 2.45) is 0 Å². The first-order valence-electron chi connectivity index (χ1n) is 8.99. The van der Waals surface area contributed by atoms with Crippen molar-refractivity contribution in [3.8, 4) is 0 Å². The molecule has 0 saturated carbocycles. The first-order valence-corrected chi connectivity index (χ1v) is 9.87. The molecule has 5 heteroatoms. The number of aryl methyl sites for hydroxylation is 1. The molecule has 1 N–H and O–H groups in total. The Hall–Kier alpha value is -2.40. The number of anilines is 1. The van der Waals surface area contributed by atoms with Crippen molar-refractivity contribution in [1.29, 1.82) is 0 Å². The molecule has 2 heterocycles. The summed E-state index contributed by atoms with van der Waals surface area (Å²) in [4.78, 5) is 27.9. The SMILES string of the molecule is Cc1cc(C(=O)N2CCCCC2C)ccc1NC(=O)/C=C/c1cccs1. The van der Waals surface area contributed by atoms with E-state index in [4.69, 9.17) is 0 Å². The van der Waals surface area contributed by atoms with E-state index in [0.717, 1.165) is 35.5 Å². The van der Waals surface area contributed by atoms with Crippen LogP contribution in [-0.2, 0) is 4.79 Å². The molecule has 4 nitrogen and oxygen atoms in total. The zero-order chi connectivity index (χ0) is 18.5. The van der Waals surface area contributed by atoms with Crippen molar-refractivity contribution in [2.45, 2.75) is 39.2 Å². The van der Waals surface area contributed by atoms with Crippen LogP contribution >= 0.6 is 11.3 Å². The summed E-state index contributed by atoms with van der Waals surface area (Å²) in [5, 5.41) is 4.85. The van der Waals surface area contributed by atoms with Crippen molar-refractivity contribution in [2.75, 3.05) is 11.9 Å². The van der Waals surface area contributed by atoms with Gasteiger partial charge >= 0.3 is 0 Å². The molecule has 0 radical (unpaired) electrons. The molecule has 3 rings (SSSR count). The molecule has 1 aliphatic rings.